The van der Waals surface area contributed by atoms with E-state index in [0.29, 0.717) is 5.92 Å². The maximum atomic E-state index is 10.9. The maximum Gasteiger partial charge on any atom is 0.0778 e. The molecule has 0 aliphatic heterocycles. The minimum Gasteiger partial charge on any atom is -0.396 e. The second kappa shape index (κ2) is 3.50. The third-order valence-corrected chi connectivity index (χ3v) is 6.57. The Morgan fingerprint density at radius 1 is 1.11 bits per heavy atom. The minimum atomic E-state index is -0.844. The Bertz CT molecular complexity index is 367. The van der Waals surface area contributed by atoms with E-state index in [4.69, 9.17) is 0 Å². The van der Waals surface area contributed by atoms with Crippen LogP contribution in [0.2, 0.25) is 0 Å². The minimum absolute atomic E-state index is 0.0991. The summed E-state index contributed by atoms with van der Waals surface area (Å²) in [6.07, 6.45) is 3.33. The topological polar surface area (TPSA) is 60.7 Å². The van der Waals surface area contributed by atoms with Crippen molar-refractivity contribution in [2.45, 2.75) is 58.2 Å². The van der Waals surface area contributed by atoms with E-state index in [-0.39, 0.29) is 29.3 Å². The van der Waals surface area contributed by atoms with Crippen LogP contribution in [0, 0.1) is 28.6 Å². The fourth-order valence-corrected chi connectivity index (χ4v) is 5.40. The normalized spacial score (nSPS) is 57.7. The van der Waals surface area contributed by atoms with Gasteiger partial charge < -0.3 is 15.3 Å². The number of fused-ring (bicyclic) bond motifs is 3. The predicted octanol–water partition coefficient (Wildman–Crippen LogP) is 1.55. The first kappa shape index (κ1) is 12.9. The lowest BCUT2D eigenvalue weighted by molar-refractivity contribution is -0.285. The Morgan fingerprint density at radius 3 is 2.28 bits per heavy atom. The molecule has 6 atom stereocenters. The molecule has 0 saturated heterocycles. The van der Waals surface area contributed by atoms with Crippen molar-refractivity contribution >= 4 is 0 Å². The van der Waals surface area contributed by atoms with Gasteiger partial charge in [0.2, 0.25) is 0 Å². The van der Waals surface area contributed by atoms with Gasteiger partial charge in [-0.1, -0.05) is 20.8 Å². The first-order valence-electron chi connectivity index (χ1n) is 7.26. The molecule has 18 heavy (non-hydrogen) atoms. The van der Waals surface area contributed by atoms with Gasteiger partial charge in [0, 0.05) is 11.3 Å². The summed E-state index contributed by atoms with van der Waals surface area (Å²) < 4.78 is 0. The molecule has 0 radical (unpaired) electrons. The molecular formula is C15H26O3. The van der Waals surface area contributed by atoms with Gasteiger partial charge in [0.05, 0.1) is 18.3 Å². The summed E-state index contributed by atoms with van der Waals surface area (Å²) in [5.41, 5.74) is -0.693. The lowest BCUT2D eigenvalue weighted by Gasteiger charge is -2.66. The van der Waals surface area contributed by atoms with Crippen molar-refractivity contribution in [2.75, 3.05) is 6.61 Å². The van der Waals surface area contributed by atoms with Crippen molar-refractivity contribution in [2.24, 2.45) is 28.6 Å². The van der Waals surface area contributed by atoms with Crippen LogP contribution < -0.4 is 0 Å². The van der Waals surface area contributed by atoms with Crippen LogP contribution in [0.25, 0.3) is 0 Å². The van der Waals surface area contributed by atoms with Crippen LogP contribution in [0.3, 0.4) is 0 Å². The smallest absolute Gasteiger partial charge is 0.0778 e. The zero-order valence-electron chi connectivity index (χ0n) is 11.7. The van der Waals surface area contributed by atoms with E-state index in [1.54, 1.807) is 0 Å². The standard InChI is InChI=1S/C15H26O3/c1-13(2)6-9-10(7-13)14(3)4-5-15(14,18)11(8-16)12(9)17/h9-12,16-18H,4-8H2,1-3H3/t9-,10+,11-,12+,14-,15-/m1/s1. The molecular weight excluding hydrogens is 228 g/mol. The number of aliphatic hydroxyl groups excluding tert-OH is 2. The first-order valence-corrected chi connectivity index (χ1v) is 7.26. The number of hydrogen-bond donors (Lipinski definition) is 3. The van der Waals surface area contributed by atoms with Crippen LogP contribution >= 0.6 is 0 Å². The SMILES string of the molecule is CC1(C)C[C@H]2[C@H](O)[C@@H](CO)[C@]3(O)CC[C@]3(C)[C@H]2C1. The van der Waals surface area contributed by atoms with Crippen LogP contribution in [0.4, 0.5) is 0 Å². The van der Waals surface area contributed by atoms with Crippen molar-refractivity contribution in [1.29, 1.82) is 0 Å². The Balaban J connectivity index is 2.01. The Hall–Kier alpha value is -0.120. The second-order valence-corrected chi connectivity index (χ2v) is 7.96. The van der Waals surface area contributed by atoms with Crippen molar-refractivity contribution in [1.82, 2.24) is 0 Å². The van der Waals surface area contributed by atoms with Gasteiger partial charge in [0.1, 0.15) is 0 Å². The Morgan fingerprint density at radius 2 is 1.78 bits per heavy atom. The molecule has 104 valence electrons. The molecule has 0 heterocycles. The molecule has 0 aromatic heterocycles. The van der Waals surface area contributed by atoms with Crippen LogP contribution in [0.5, 0.6) is 0 Å². The molecule has 3 N–H and O–H groups in total. The summed E-state index contributed by atoms with van der Waals surface area (Å²) >= 11 is 0. The average molecular weight is 254 g/mol. The quantitative estimate of drug-likeness (QED) is 0.665. The number of hydrogen-bond acceptors (Lipinski definition) is 3. The van der Waals surface area contributed by atoms with Gasteiger partial charge in [-0.05, 0) is 42.9 Å². The van der Waals surface area contributed by atoms with E-state index >= 15 is 0 Å². The summed E-state index contributed by atoms with van der Waals surface area (Å²) in [6, 6.07) is 0. The van der Waals surface area contributed by atoms with Crippen molar-refractivity contribution in [3.05, 3.63) is 0 Å². The monoisotopic (exact) mass is 254 g/mol. The van der Waals surface area contributed by atoms with Gasteiger partial charge in [0.15, 0.2) is 0 Å². The summed E-state index contributed by atoms with van der Waals surface area (Å²) in [7, 11) is 0. The molecule has 3 nitrogen and oxygen atoms in total. The predicted molar refractivity (Wildman–Crippen MR) is 68.9 cm³/mol. The first-order chi connectivity index (χ1) is 8.25. The van der Waals surface area contributed by atoms with Crippen molar-refractivity contribution in [3.63, 3.8) is 0 Å². The molecule has 0 unspecified atom stereocenters. The van der Waals surface area contributed by atoms with E-state index in [1.165, 1.54) is 0 Å². The second-order valence-electron chi connectivity index (χ2n) is 7.96. The molecule has 3 fully saturated rings. The van der Waals surface area contributed by atoms with E-state index in [9.17, 15) is 15.3 Å². The van der Waals surface area contributed by atoms with E-state index in [0.717, 1.165) is 25.7 Å². The highest BCUT2D eigenvalue weighted by Crippen LogP contribution is 2.69. The number of aliphatic hydroxyl groups is 3. The molecule has 3 aliphatic carbocycles. The van der Waals surface area contributed by atoms with E-state index in [2.05, 4.69) is 20.8 Å². The van der Waals surface area contributed by atoms with E-state index in [1.807, 2.05) is 0 Å². The fraction of sp³-hybridized carbons (Fsp3) is 1.00. The molecule has 3 aliphatic rings. The van der Waals surface area contributed by atoms with Gasteiger partial charge in [-0.15, -0.1) is 0 Å². The molecule has 3 rings (SSSR count). The van der Waals surface area contributed by atoms with Gasteiger partial charge in [-0.25, -0.2) is 0 Å². The lowest BCUT2D eigenvalue weighted by Crippen LogP contribution is -2.71. The van der Waals surface area contributed by atoms with Crippen LogP contribution in [-0.4, -0.2) is 33.6 Å². The molecule has 0 amide bonds. The molecule has 0 aromatic carbocycles. The Kier molecular flexibility index (Phi) is 2.51. The summed E-state index contributed by atoms with van der Waals surface area (Å²) in [4.78, 5) is 0. The summed E-state index contributed by atoms with van der Waals surface area (Å²) in [6.45, 7) is 6.58. The number of rotatable bonds is 1. The van der Waals surface area contributed by atoms with Gasteiger partial charge >= 0.3 is 0 Å². The van der Waals surface area contributed by atoms with E-state index < -0.39 is 11.7 Å². The van der Waals surface area contributed by atoms with Gasteiger partial charge in [-0.2, -0.15) is 0 Å². The summed E-state index contributed by atoms with van der Waals surface area (Å²) in [5.74, 6) is 0.304. The summed E-state index contributed by atoms with van der Waals surface area (Å²) in [5, 5.41) is 31.1. The van der Waals surface area contributed by atoms with Crippen molar-refractivity contribution in [3.8, 4) is 0 Å². The zero-order valence-corrected chi connectivity index (χ0v) is 11.7. The lowest BCUT2D eigenvalue weighted by atomic mass is 9.42. The molecule has 0 bridgehead atoms. The highest BCUT2D eigenvalue weighted by atomic mass is 16.3. The van der Waals surface area contributed by atoms with Crippen LogP contribution in [0.1, 0.15) is 46.5 Å². The highest BCUT2D eigenvalue weighted by Gasteiger charge is 2.70. The van der Waals surface area contributed by atoms with Gasteiger partial charge in [-0.3, -0.25) is 0 Å². The molecule has 0 aromatic rings. The van der Waals surface area contributed by atoms with Gasteiger partial charge in [0.25, 0.3) is 0 Å². The third-order valence-electron chi connectivity index (χ3n) is 6.57. The average Bonchev–Trinajstić information content (AvgIpc) is 2.62. The molecule has 3 heteroatoms. The zero-order chi connectivity index (χ0) is 13.3. The highest BCUT2D eigenvalue weighted by molar-refractivity contribution is 5.20. The maximum absolute atomic E-state index is 10.9. The Labute approximate surface area is 109 Å². The third kappa shape index (κ3) is 1.31. The molecule has 3 saturated carbocycles. The van der Waals surface area contributed by atoms with Crippen LogP contribution in [0.15, 0.2) is 0 Å². The largest absolute Gasteiger partial charge is 0.396 e. The fourth-order valence-electron chi connectivity index (χ4n) is 5.40. The van der Waals surface area contributed by atoms with Crippen molar-refractivity contribution < 1.29 is 15.3 Å². The van der Waals surface area contributed by atoms with Crippen LogP contribution in [-0.2, 0) is 0 Å². The molecule has 0 spiro atoms.